The Labute approximate surface area is 214 Å². The summed E-state index contributed by atoms with van der Waals surface area (Å²) < 4.78 is 16.9. The van der Waals surface area contributed by atoms with Crippen molar-refractivity contribution in [3.63, 3.8) is 0 Å². The number of rotatable bonds is 9. The number of hydrogen-bond acceptors (Lipinski definition) is 4. The molecule has 4 aliphatic rings. The van der Waals surface area contributed by atoms with Crippen LogP contribution in [0.4, 0.5) is 0 Å². The van der Waals surface area contributed by atoms with E-state index in [-0.39, 0.29) is 6.79 Å². The lowest BCUT2D eigenvalue weighted by atomic mass is 9.48. The fourth-order valence-corrected chi connectivity index (χ4v) is 7.75. The van der Waals surface area contributed by atoms with Gasteiger partial charge in [0.05, 0.1) is 13.2 Å². The maximum atomic E-state index is 10.8. The number of aryl methyl sites for hydroxylation is 1. The van der Waals surface area contributed by atoms with Crippen LogP contribution in [-0.2, 0) is 21.3 Å². The second kappa shape index (κ2) is 9.72. The van der Waals surface area contributed by atoms with Crippen LogP contribution >= 0.6 is 0 Å². The number of benzene rings is 3. The van der Waals surface area contributed by atoms with Crippen LogP contribution in [0.15, 0.2) is 48.5 Å². The first kappa shape index (κ1) is 23.8. The Morgan fingerprint density at radius 1 is 0.889 bits per heavy atom. The highest BCUT2D eigenvalue weighted by Crippen LogP contribution is 2.61. The maximum absolute atomic E-state index is 10.8. The van der Waals surface area contributed by atoms with Gasteiger partial charge in [-0.2, -0.15) is 0 Å². The number of ether oxygens (including phenoxy) is 3. The lowest BCUT2D eigenvalue weighted by Gasteiger charge is -2.57. The zero-order valence-corrected chi connectivity index (χ0v) is 21.6. The Bertz CT molecular complexity index is 1210. The van der Waals surface area contributed by atoms with E-state index in [1.165, 1.54) is 44.1 Å². The van der Waals surface area contributed by atoms with Crippen molar-refractivity contribution in [1.29, 1.82) is 0 Å². The third-order valence-corrected chi connectivity index (χ3v) is 9.07. The van der Waals surface area contributed by atoms with Crippen LogP contribution in [0.1, 0.15) is 56.6 Å². The van der Waals surface area contributed by atoms with Gasteiger partial charge in [-0.1, -0.05) is 31.2 Å². The van der Waals surface area contributed by atoms with Gasteiger partial charge in [-0.15, -0.1) is 0 Å². The molecule has 0 amide bonds. The van der Waals surface area contributed by atoms with E-state index in [0.29, 0.717) is 24.4 Å². The van der Waals surface area contributed by atoms with Crippen LogP contribution in [0.3, 0.4) is 0 Å². The fourth-order valence-electron chi connectivity index (χ4n) is 7.75. The SMILES string of the molecule is CCc1cc(O)c2cc(-c3cc(C45CC6CC(CC(C6)C4)C5)ccc3OCOCCOC)ccc2c1. The van der Waals surface area contributed by atoms with Crippen molar-refractivity contribution in [2.75, 3.05) is 27.1 Å². The minimum Gasteiger partial charge on any atom is -0.507 e. The quantitative estimate of drug-likeness (QED) is 0.256. The van der Waals surface area contributed by atoms with E-state index in [1.54, 1.807) is 7.11 Å². The van der Waals surface area contributed by atoms with Crippen molar-refractivity contribution >= 4 is 10.8 Å². The summed E-state index contributed by atoms with van der Waals surface area (Å²) >= 11 is 0. The van der Waals surface area contributed by atoms with Crippen LogP contribution in [0.25, 0.3) is 21.9 Å². The summed E-state index contributed by atoms with van der Waals surface area (Å²) in [5.41, 5.74) is 5.08. The highest BCUT2D eigenvalue weighted by Gasteiger charge is 2.51. The molecular formula is C32H38O4. The molecule has 4 nitrogen and oxygen atoms in total. The first-order chi connectivity index (χ1) is 17.6. The van der Waals surface area contributed by atoms with Gasteiger partial charge in [0.15, 0.2) is 6.79 Å². The molecule has 3 aromatic carbocycles. The molecule has 0 heterocycles. The van der Waals surface area contributed by atoms with Crippen molar-refractivity contribution in [3.05, 3.63) is 59.7 Å². The van der Waals surface area contributed by atoms with Crippen LogP contribution in [-0.4, -0.2) is 32.2 Å². The minimum absolute atomic E-state index is 0.186. The molecule has 0 atom stereocenters. The molecule has 0 aliphatic heterocycles. The van der Waals surface area contributed by atoms with E-state index in [2.05, 4.69) is 49.4 Å². The molecule has 36 heavy (non-hydrogen) atoms. The Morgan fingerprint density at radius 3 is 2.33 bits per heavy atom. The minimum atomic E-state index is 0.186. The van der Waals surface area contributed by atoms with Gasteiger partial charge in [-0.25, -0.2) is 0 Å². The third-order valence-electron chi connectivity index (χ3n) is 9.07. The van der Waals surface area contributed by atoms with E-state index in [0.717, 1.165) is 57.4 Å². The van der Waals surface area contributed by atoms with Crippen LogP contribution in [0.2, 0.25) is 0 Å². The maximum Gasteiger partial charge on any atom is 0.189 e. The molecular weight excluding hydrogens is 448 g/mol. The molecule has 3 aromatic rings. The van der Waals surface area contributed by atoms with Gasteiger partial charge in [-0.3, -0.25) is 0 Å². The number of phenolic OH excluding ortho intramolecular Hbond substituents is 1. The van der Waals surface area contributed by atoms with Crippen LogP contribution in [0.5, 0.6) is 11.5 Å². The summed E-state index contributed by atoms with van der Waals surface area (Å²) in [5, 5.41) is 12.7. The molecule has 0 radical (unpaired) electrons. The van der Waals surface area contributed by atoms with Gasteiger partial charge in [0.1, 0.15) is 11.5 Å². The number of fused-ring (bicyclic) bond motifs is 1. The molecule has 0 aromatic heterocycles. The molecule has 4 heteroatoms. The molecule has 7 rings (SSSR count). The van der Waals surface area contributed by atoms with E-state index in [1.807, 2.05) is 6.07 Å². The smallest absolute Gasteiger partial charge is 0.189 e. The van der Waals surface area contributed by atoms with Crippen LogP contribution in [0, 0.1) is 17.8 Å². The van der Waals surface area contributed by atoms with Crippen LogP contribution < -0.4 is 4.74 Å². The zero-order valence-electron chi connectivity index (χ0n) is 21.6. The number of hydrogen-bond donors (Lipinski definition) is 1. The van der Waals surface area contributed by atoms with Crippen molar-refractivity contribution < 1.29 is 19.3 Å². The molecule has 4 bridgehead atoms. The summed E-state index contributed by atoms with van der Waals surface area (Å²) in [4.78, 5) is 0. The van der Waals surface area contributed by atoms with Gasteiger partial charge in [0.2, 0.25) is 0 Å². The number of aromatic hydroxyl groups is 1. The largest absolute Gasteiger partial charge is 0.507 e. The van der Waals surface area contributed by atoms with Gasteiger partial charge in [-0.05, 0) is 114 Å². The normalized spacial score (nSPS) is 26.6. The molecule has 4 saturated carbocycles. The average Bonchev–Trinajstić information content (AvgIpc) is 2.87. The Balaban J connectivity index is 1.39. The highest BCUT2D eigenvalue weighted by molar-refractivity contribution is 5.93. The predicted octanol–water partition coefficient (Wildman–Crippen LogP) is 7.24. The molecule has 4 aliphatic carbocycles. The summed E-state index contributed by atoms with van der Waals surface area (Å²) in [7, 11) is 1.67. The standard InChI is InChI=1S/C32H38O4/c1-3-21-13-25-4-5-26(15-28(25)30(33)14-21)29-16-27(6-7-31(29)36-20-35-9-8-34-2)32-17-22-10-23(18-32)12-24(11-22)19-32/h4-7,13-16,22-24,33H,3,8-12,17-20H2,1-2H3. The van der Waals surface area contributed by atoms with Gasteiger partial charge in [0, 0.05) is 18.1 Å². The third kappa shape index (κ3) is 4.39. The number of phenols is 1. The second-order valence-electron chi connectivity index (χ2n) is 11.5. The monoisotopic (exact) mass is 486 g/mol. The lowest BCUT2D eigenvalue weighted by Crippen LogP contribution is -2.48. The van der Waals surface area contributed by atoms with Crippen molar-refractivity contribution in [1.82, 2.24) is 0 Å². The van der Waals surface area contributed by atoms with E-state index < -0.39 is 0 Å². The summed E-state index contributed by atoms with van der Waals surface area (Å²) in [6.07, 6.45) is 9.21. The first-order valence-corrected chi connectivity index (χ1v) is 13.7. The van der Waals surface area contributed by atoms with Gasteiger partial charge in [0.25, 0.3) is 0 Å². The summed E-state index contributed by atoms with van der Waals surface area (Å²) in [6, 6.07) is 17.3. The van der Waals surface area contributed by atoms with E-state index >= 15 is 0 Å². The average molecular weight is 487 g/mol. The van der Waals surface area contributed by atoms with Gasteiger partial charge < -0.3 is 19.3 Å². The van der Waals surface area contributed by atoms with Crippen molar-refractivity contribution in [3.8, 4) is 22.6 Å². The topological polar surface area (TPSA) is 47.9 Å². The zero-order chi connectivity index (χ0) is 24.7. The Morgan fingerprint density at radius 2 is 1.64 bits per heavy atom. The van der Waals surface area contributed by atoms with Crippen molar-refractivity contribution in [2.24, 2.45) is 17.8 Å². The first-order valence-electron chi connectivity index (χ1n) is 13.7. The Hall–Kier alpha value is -2.56. The Kier molecular flexibility index (Phi) is 6.43. The molecule has 190 valence electrons. The predicted molar refractivity (Wildman–Crippen MR) is 144 cm³/mol. The summed E-state index contributed by atoms with van der Waals surface area (Å²) in [6.45, 7) is 3.35. The van der Waals surface area contributed by atoms with Crippen molar-refractivity contribution in [2.45, 2.75) is 57.3 Å². The lowest BCUT2D eigenvalue weighted by molar-refractivity contribution is -0.00876. The molecule has 0 spiro atoms. The fraction of sp³-hybridized carbons (Fsp3) is 0.500. The molecule has 4 fully saturated rings. The van der Waals surface area contributed by atoms with E-state index in [4.69, 9.17) is 14.2 Å². The summed E-state index contributed by atoms with van der Waals surface area (Å²) in [5.74, 6) is 3.86. The van der Waals surface area contributed by atoms with Gasteiger partial charge >= 0.3 is 0 Å². The molecule has 0 unspecified atom stereocenters. The number of methoxy groups -OCH3 is 1. The highest BCUT2D eigenvalue weighted by atomic mass is 16.7. The molecule has 0 saturated heterocycles. The van der Waals surface area contributed by atoms with E-state index in [9.17, 15) is 5.11 Å². The molecule has 1 N–H and O–H groups in total. The second-order valence-corrected chi connectivity index (χ2v) is 11.5.